The molecule has 2 saturated heterocycles. The first-order chi connectivity index (χ1) is 14.7. The molecule has 1 aromatic heterocycles. The van der Waals surface area contributed by atoms with Crippen molar-refractivity contribution in [2.24, 2.45) is 5.92 Å². The van der Waals surface area contributed by atoms with Gasteiger partial charge in [-0.2, -0.15) is 0 Å². The van der Waals surface area contributed by atoms with Crippen molar-refractivity contribution in [2.45, 2.75) is 62.8 Å². The first-order valence-electron chi connectivity index (χ1n) is 10.9. The summed E-state index contributed by atoms with van der Waals surface area (Å²) in [7, 11) is 0. The maximum absolute atomic E-state index is 13.4. The molecule has 1 aromatic carbocycles. The maximum atomic E-state index is 13.4. The van der Waals surface area contributed by atoms with Gasteiger partial charge >= 0.3 is 0 Å². The van der Waals surface area contributed by atoms with Gasteiger partial charge in [-0.1, -0.05) is 43.4 Å². The van der Waals surface area contributed by atoms with Crippen LogP contribution in [0, 0.1) is 11.7 Å². The van der Waals surface area contributed by atoms with Crippen molar-refractivity contribution < 1.29 is 18.7 Å². The third-order valence-corrected chi connectivity index (χ3v) is 6.55. The van der Waals surface area contributed by atoms with Crippen molar-refractivity contribution in [1.29, 1.82) is 0 Å². The number of benzene rings is 1. The van der Waals surface area contributed by atoms with Gasteiger partial charge in [-0.25, -0.2) is 9.07 Å². The smallest absolute Gasteiger partial charge is 0.251 e. The molecule has 0 bridgehead atoms. The number of carbonyl (C=O) groups excluding carboxylic acids is 1. The Labute approximate surface area is 174 Å². The van der Waals surface area contributed by atoms with Gasteiger partial charge in [0.25, 0.3) is 5.91 Å². The van der Waals surface area contributed by atoms with Crippen molar-refractivity contribution in [3.05, 3.63) is 47.5 Å². The van der Waals surface area contributed by atoms with E-state index in [1.165, 1.54) is 50.3 Å². The highest BCUT2D eigenvalue weighted by Crippen LogP contribution is 2.34. The Morgan fingerprint density at radius 2 is 2.00 bits per heavy atom. The predicted octanol–water partition coefficient (Wildman–Crippen LogP) is 2.68. The van der Waals surface area contributed by atoms with Crippen LogP contribution in [0.25, 0.3) is 0 Å². The van der Waals surface area contributed by atoms with Crippen LogP contribution < -0.4 is 5.32 Å². The van der Waals surface area contributed by atoms with E-state index >= 15 is 0 Å². The van der Waals surface area contributed by atoms with E-state index in [1.807, 2.05) is 10.9 Å². The van der Waals surface area contributed by atoms with E-state index < -0.39 is 5.82 Å². The summed E-state index contributed by atoms with van der Waals surface area (Å²) >= 11 is 0. The number of nitrogens with zero attached hydrogens (tertiary/aromatic N) is 3. The van der Waals surface area contributed by atoms with E-state index in [0.717, 1.165) is 12.1 Å². The van der Waals surface area contributed by atoms with Gasteiger partial charge in [-0.3, -0.25) is 4.79 Å². The fourth-order valence-electron chi connectivity index (χ4n) is 4.97. The molecule has 0 spiro atoms. The molecule has 3 heterocycles. The second-order valence-electron chi connectivity index (χ2n) is 8.65. The predicted molar refractivity (Wildman–Crippen MR) is 106 cm³/mol. The summed E-state index contributed by atoms with van der Waals surface area (Å²) in [6.45, 7) is 0.824. The Balaban J connectivity index is 1.21. The number of carbonyl (C=O) groups is 1. The fraction of sp³-hybridized carbons (Fsp3) is 0.591. The SMILES string of the molecule is O=C(NC1COC2C1OCC2n1cc(CC2CCCCC2)nn1)c1cccc(F)c1. The van der Waals surface area contributed by atoms with Gasteiger partial charge < -0.3 is 14.8 Å². The standard InChI is InChI=1S/C22H27FN4O3/c23-16-8-4-7-15(10-16)22(28)24-18-12-29-21-19(13-30-20(18)21)27-11-17(25-26-27)9-14-5-2-1-3-6-14/h4,7-8,10-11,14,18-21H,1-3,5-6,9,12-13H2,(H,24,28). The van der Waals surface area contributed by atoms with Crippen LogP contribution in [0.15, 0.2) is 30.5 Å². The van der Waals surface area contributed by atoms with Crippen LogP contribution >= 0.6 is 0 Å². The van der Waals surface area contributed by atoms with Gasteiger partial charge in [0.05, 0.1) is 24.9 Å². The van der Waals surface area contributed by atoms with Crippen molar-refractivity contribution in [2.75, 3.05) is 13.2 Å². The molecule has 3 fully saturated rings. The van der Waals surface area contributed by atoms with Gasteiger partial charge in [0.1, 0.15) is 24.1 Å². The number of hydrogen-bond acceptors (Lipinski definition) is 5. The molecular weight excluding hydrogens is 387 g/mol. The van der Waals surface area contributed by atoms with E-state index in [0.29, 0.717) is 19.1 Å². The van der Waals surface area contributed by atoms with Crippen molar-refractivity contribution in [3.8, 4) is 0 Å². The summed E-state index contributed by atoms with van der Waals surface area (Å²) in [5, 5.41) is 11.7. The number of nitrogens with one attached hydrogen (secondary N) is 1. The molecule has 2 aliphatic heterocycles. The molecule has 4 atom stereocenters. The van der Waals surface area contributed by atoms with Crippen LogP contribution in [-0.2, 0) is 15.9 Å². The van der Waals surface area contributed by atoms with Crippen LogP contribution in [0.3, 0.4) is 0 Å². The first-order valence-corrected chi connectivity index (χ1v) is 10.9. The van der Waals surface area contributed by atoms with Crippen molar-refractivity contribution in [3.63, 3.8) is 0 Å². The highest BCUT2D eigenvalue weighted by molar-refractivity contribution is 5.94. The Bertz CT molecular complexity index is 898. The molecule has 8 heteroatoms. The monoisotopic (exact) mass is 414 g/mol. The Hall–Kier alpha value is -2.32. The maximum Gasteiger partial charge on any atom is 0.251 e. The van der Waals surface area contributed by atoms with E-state index in [4.69, 9.17) is 9.47 Å². The highest BCUT2D eigenvalue weighted by Gasteiger charge is 2.49. The molecule has 30 heavy (non-hydrogen) atoms. The number of ether oxygens (including phenoxy) is 2. The lowest BCUT2D eigenvalue weighted by Crippen LogP contribution is -2.44. The second kappa shape index (κ2) is 8.43. The lowest BCUT2D eigenvalue weighted by atomic mass is 9.86. The Morgan fingerprint density at radius 1 is 1.17 bits per heavy atom. The number of rotatable bonds is 5. The molecule has 1 amide bonds. The molecular formula is C22H27FN4O3. The normalized spacial score (nSPS) is 29.1. The number of amides is 1. The zero-order chi connectivity index (χ0) is 20.5. The minimum absolute atomic E-state index is 0.0568. The number of hydrogen-bond donors (Lipinski definition) is 1. The fourth-order valence-corrected chi connectivity index (χ4v) is 4.97. The minimum Gasteiger partial charge on any atom is -0.371 e. The van der Waals surface area contributed by atoms with Gasteiger partial charge in [0, 0.05) is 11.8 Å². The van der Waals surface area contributed by atoms with Crippen LogP contribution in [0.1, 0.15) is 54.2 Å². The number of fused-ring (bicyclic) bond motifs is 1. The van der Waals surface area contributed by atoms with Crippen molar-refractivity contribution in [1.82, 2.24) is 20.3 Å². The van der Waals surface area contributed by atoms with E-state index in [9.17, 15) is 9.18 Å². The molecule has 160 valence electrons. The summed E-state index contributed by atoms with van der Waals surface area (Å²) in [5.74, 6) is -0.0523. The summed E-state index contributed by atoms with van der Waals surface area (Å²) in [6.07, 6.45) is 9.10. The lowest BCUT2D eigenvalue weighted by Gasteiger charge is -2.20. The van der Waals surface area contributed by atoms with Gasteiger partial charge in [0.15, 0.2) is 0 Å². The van der Waals surface area contributed by atoms with Gasteiger partial charge in [-0.05, 0) is 30.5 Å². The lowest BCUT2D eigenvalue weighted by molar-refractivity contribution is 0.0613. The molecule has 5 rings (SSSR count). The van der Waals surface area contributed by atoms with E-state index in [2.05, 4.69) is 15.6 Å². The molecule has 1 N–H and O–H groups in total. The summed E-state index contributed by atoms with van der Waals surface area (Å²) in [4.78, 5) is 12.5. The Morgan fingerprint density at radius 3 is 2.83 bits per heavy atom. The van der Waals surface area contributed by atoms with Crippen LogP contribution in [0.4, 0.5) is 4.39 Å². The highest BCUT2D eigenvalue weighted by atomic mass is 19.1. The quantitative estimate of drug-likeness (QED) is 0.814. The third-order valence-electron chi connectivity index (χ3n) is 6.55. The Kier molecular flexibility index (Phi) is 5.52. The summed E-state index contributed by atoms with van der Waals surface area (Å²) in [5.41, 5.74) is 1.32. The number of aromatic nitrogens is 3. The van der Waals surface area contributed by atoms with Crippen LogP contribution in [0.5, 0.6) is 0 Å². The zero-order valence-electron chi connectivity index (χ0n) is 16.9. The molecule has 1 aliphatic carbocycles. The largest absolute Gasteiger partial charge is 0.371 e. The molecule has 0 radical (unpaired) electrons. The average molecular weight is 414 g/mol. The molecule has 3 aliphatic rings. The molecule has 1 saturated carbocycles. The van der Waals surface area contributed by atoms with Crippen LogP contribution in [-0.4, -0.2) is 52.4 Å². The summed E-state index contributed by atoms with van der Waals surface area (Å²) < 4.78 is 27.2. The molecule has 2 aromatic rings. The zero-order valence-corrected chi connectivity index (χ0v) is 16.9. The number of halogens is 1. The second-order valence-corrected chi connectivity index (χ2v) is 8.65. The summed E-state index contributed by atoms with van der Waals surface area (Å²) in [6, 6.07) is 5.32. The van der Waals surface area contributed by atoms with Gasteiger partial charge in [0.2, 0.25) is 0 Å². The topological polar surface area (TPSA) is 78.3 Å². The minimum atomic E-state index is -0.435. The van der Waals surface area contributed by atoms with E-state index in [-0.39, 0.29) is 35.8 Å². The molecule has 7 nitrogen and oxygen atoms in total. The molecule has 4 unspecified atom stereocenters. The van der Waals surface area contributed by atoms with E-state index in [1.54, 1.807) is 6.07 Å². The van der Waals surface area contributed by atoms with Gasteiger partial charge in [-0.15, -0.1) is 5.10 Å². The van der Waals surface area contributed by atoms with Crippen molar-refractivity contribution >= 4 is 5.91 Å². The third kappa shape index (κ3) is 3.98. The van der Waals surface area contributed by atoms with Crippen LogP contribution in [0.2, 0.25) is 0 Å². The first kappa shape index (κ1) is 19.6. The average Bonchev–Trinajstić information content (AvgIpc) is 3.47.